The van der Waals surface area contributed by atoms with Crippen LogP contribution in [0, 0.1) is 6.92 Å². The van der Waals surface area contributed by atoms with Crippen molar-refractivity contribution in [3.8, 4) is 5.75 Å². The van der Waals surface area contributed by atoms with E-state index in [4.69, 9.17) is 16.3 Å². The number of benzene rings is 2. The fraction of sp³-hybridized carbons (Fsp3) is 0.143. The van der Waals surface area contributed by atoms with Crippen molar-refractivity contribution in [2.75, 3.05) is 6.61 Å². The Morgan fingerprint density at radius 1 is 1.25 bits per heavy atom. The molecule has 1 aliphatic rings. The molecule has 0 radical (unpaired) electrons. The SMILES string of the molecule is CCOC(=O)C1=C(O)C(=Cc2cccc(C)c2O)SC1=Nc1cccc(Cl)c1. The van der Waals surface area contributed by atoms with Crippen LogP contribution in [0.3, 0.4) is 0 Å². The largest absolute Gasteiger partial charge is 0.507 e. The first-order chi connectivity index (χ1) is 13.4. The number of nitrogens with zero attached hydrogens (tertiary/aromatic N) is 1. The summed E-state index contributed by atoms with van der Waals surface area (Å²) in [6, 6.07) is 12.2. The summed E-state index contributed by atoms with van der Waals surface area (Å²) >= 11 is 7.13. The molecule has 0 bridgehead atoms. The predicted octanol–water partition coefficient (Wildman–Crippen LogP) is 5.55. The molecule has 2 N–H and O–H groups in total. The Balaban J connectivity index is 2.08. The maximum atomic E-state index is 12.4. The average Bonchev–Trinajstić information content (AvgIpc) is 2.94. The Kier molecular flexibility index (Phi) is 6.11. The van der Waals surface area contributed by atoms with Crippen LogP contribution < -0.4 is 0 Å². The first-order valence-corrected chi connectivity index (χ1v) is 9.73. The molecular formula is C21H18ClNO4S. The third-order valence-electron chi connectivity index (χ3n) is 3.96. The second-order valence-corrected chi connectivity index (χ2v) is 7.43. The lowest BCUT2D eigenvalue weighted by Gasteiger charge is -2.04. The van der Waals surface area contributed by atoms with Gasteiger partial charge in [-0.15, -0.1) is 0 Å². The Labute approximate surface area is 172 Å². The van der Waals surface area contributed by atoms with E-state index in [-0.39, 0.29) is 23.7 Å². The van der Waals surface area contributed by atoms with Gasteiger partial charge >= 0.3 is 5.97 Å². The number of phenols is 1. The third-order valence-corrected chi connectivity index (χ3v) is 5.22. The van der Waals surface area contributed by atoms with Crippen LogP contribution in [0.15, 0.2) is 63.7 Å². The van der Waals surface area contributed by atoms with Crippen molar-refractivity contribution in [2.45, 2.75) is 13.8 Å². The van der Waals surface area contributed by atoms with Crippen molar-refractivity contribution in [2.24, 2.45) is 4.99 Å². The molecule has 0 amide bonds. The number of phenolic OH excluding ortho intramolecular Hbond substituents is 1. The first kappa shape index (κ1) is 20.0. The van der Waals surface area contributed by atoms with Gasteiger partial charge in [0.05, 0.1) is 17.2 Å². The number of hydrogen-bond donors (Lipinski definition) is 2. The van der Waals surface area contributed by atoms with Crippen LogP contribution >= 0.6 is 23.4 Å². The van der Waals surface area contributed by atoms with E-state index in [1.165, 1.54) is 0 Å². The van der Waals surface area contributed by atoms with Crippen molar-refractivity contribution >= 4 is 46.1 Å². The normalized spacial score (nSPS) is 16.8. The van der Waals surface area contributed by atoms with Gasteiger partial charge in [0.25, 0.3) is 0 Å². The van der Waals surface area contributed by atoms with E-state index < -0.39 is 5.97 Å². The van der Waals surface area contributed by atoms with E-state index in [9.17, 15) is 15.0 Å². The Morgan fingerprint density at radius 2 is 2.00 bits per heavy atom. The molecule has 0 spiro atoms. The van der Waals surface area contributed by atoms with Gasteiger partial charge in [0.15, 0.2) is 0 Å². The van der Waals surface area contributed by atoms with Gasteiger partial charge < -0.3 is 14.9 Å². The molecule has 144 valence electrons. The van der Waals surface area contributed by atoms with Gasteiger partial charge in [-0.05, 0) is 43.7 Å². The minimum atomic E-state index is -0.662. The first-order valence-electron chi connectivity index (χ1n) is 8.54. The summed E-state index contributed by atoms with van der Waals surface area (Å²) in [5.74, 6) is -0.781. The summed E-state index contributed by atoms with van der Waals surface area (Å²) in [5.41, 5.74) is 1.77. The van der Waals surface area contributed by atoms with E-state index in [0.29, 0.717) is 31.8 Å². The van der Waals surface area contributed by atoms with Gasteiger partial charge in [-0.25, -0.2) is 9.79 Å². The lowest BCUT2D eigenvalue weighted by Crippen LogP contribution is -2.12. The molecule has 1 heterocycles. The Hall–Kier alpha value is -2.70. The standard InChI is InChI=1S/C21H18ClNO4S/c1-3-27-21(26)17-19(25)16(10-13-7-4-6-12(2)18(13)24)28-20(17)23-15-9-5-8-14(22)11-15/h4-11,24-25H,3H2,1-2H3. The van der Waals surface area contributed by atoms with Crippen molar-refractivity contribution in [1.29, 1.82) is 0 Å². The zero-order chi connectivity index (χ0) is 20.3. The molecule has 0 atom stereocenters. The van der Waals surface area contributed by atoms with Gasteiger partial charge in [0, 0.05) is 10.6 Å². The van der Waals surface area contributed by atoms with E-state index in [1.807, 2.05) is 0 Å². The molecule has 0 aliphatic carbocycles. The topological polar surface area (TPSA) is 79.1 Å². The van der Waals surface area contributed by atoms with Crippen LogP contribution in [0.4, 0.5) is 5.69 Å². The second kappa shape index (κ2) is 8.54. The highest BCUT2D eigenvalue weighted by Gasteiger charge is 2.33. The average molecular weight is 416 g/mol. The van der Waals surface area contributed by atoms with E-state index in [2.05, 4.69) is 4.99 Å². The van der Waals surface area contributed by atoms with Gasteiger partial charge in [0.1, 0.15) is 22.1 Å². The number of halogens is 1. The number of aromatic hydroxyl groups is 1. The van der Waals surface area contributed by atoms with Crippen LogP contribution in [0.25, 0.3) is 6.08 Å². The van der Waals surface area contributed by atoms with E-state index in [1.54, 1.807) is 62.4 Å². The highest BCUT2D eigenvalue weighted by Crippen LogP contribution is 2.41. The zero-order valence-corrected chi connectivity index (χ0v) is 16.8. The van der Waals surface area contributed by atoms with Gasteiger partial charge in [-0.3, -0.25) is 0 Å². The minimum absolute atomic E-state index is 0.00906. The molecule has 28 heavy (non-hydrogen) atoms. The lowest BCUT2D eigenvalue weighted by atomic mass is 10.1. The summed E-state index contributed by atoms with van der Waals surface area (Å²) < 4.78 is 5.08. The smallest absolute Gasteiger partial charge is 0.344 e. The number of hydrogen-bond acceptors (Lipinski definition) is 6. The molecule has 0 saturated heterocycles. The summed E-state index contributed by atoms with van der Waals surface area (Å²) in [6.45, 7) is 3.64. The lowest BCUT2D eigenvalue weighted by molar-refractivity contribution is -0.138. The van der Waals surface area contributed by atoms with Crippen molar-refractivity contribution in [3.63, 3.8) is 0 Å². The van der Waals surface area contributed by atoms with Gasteiger partial charge in [-0.1, -0.05) is 47.6 Å². The highest BCUT2D eigenvalue weighted by molar-refractivity contribution is 8.18. The van der Waals surface area contributed by atoms with Crippen molar-refractivity contribution < 1.29 is 19.7 Å². The number of para-hydroxylation sites is 1. The number of ether oxygens (including phenoxy) is 1. The van der Waals surface area contributed by atoms with Crippen LogP contribution in [0.1, 0.15) is 18.1 Å². The predicted molar refractivity (Wildman–Crippen MR) is 113 cm³/mol. The molecule has 1 aliphatic heterocycles. The number of rotatable bonds is 4. The molecule has 0 fully saturated rings. The van der Waals surface area contributed by atoms with E-state index in [0.717, 1.165) is 11.8 Å². The number of aliphatic hydroxyl groups is 1. The van der Waals surface area contributed by atoms with Crippen molar-refractivity contribution in [3.05, 3.63) is 74.9 Å². The summed E-state index contributed by atoms with van der Waals surface area (Å²) in [6.07, 6.45) is 1.61. The molecule has 2 aromatic carbocycles. The number of esters is 1. The fourth-order valence-electron chi connectivity index (χ4n) is 2.59. The minimum Gasteiger partial charge on any atom is -0.507 e. The second-order valence-electron chi connectivity index (χ2n) is 5.96. The molecule has 7 heteroatoms. The van der Waals surface area contributed by atoms with Gasteiger partial charge in [0.2, 0.25) is 0 Å². The zero-order valence-electron chi connectivity index (χ0n) is 15.3. The van der Waals surface area contributed by atoms with Crippen molar-refractivity contribution in [1.82, 2.24) is 0 Å². The number of aryl methyl sites for hydroxylation is 1. The maximum Gasteiger partial charge on any atom is 0.344 e. The molecule has 2 aromatic rings. The molecule has 5 nitrogen and oxygen atoms in total. The number of carbonyl (C=O) groups is 1. The third kappa shape index (κ3) is 4.24. The van der Waals surface area contributed by atoms with Crippen LogP contribution in [-0.2, 0) is 9.53 Å². The number of aliphatic hydroxyl groups excluding tert-OH is 1. The summed E-state index contributed by atoms with van der Waals surface area (Å²) in [4.78, 5) is 17.3. The monoisotopic (exact) mass is 415 g/mol. The summed E-state index contributed by atoms with van der Waals surface area (Å²) in [7, 11) is 0. The van der Waals surface area contributed by atoms with E-state index >= 15 is 0 Å². The Morgan fingerprint density at radius 3 is 2.71 bits per heavy atom. The Bertz CT molecular complexity index is 1030. The van der Waals surface area contributed by atoms with Crippen LogP contribution in [0.5, 0.6) is 5.75 Å². The molecule has 0 aromatic heterocycles. The van der Waals surface area contributed by atoms with Crippen LogP contribution in [0.2, 0.25) is 5.02 Å². The summed E-state index contributed by atoms with van der Waals surface area (Å²) in [5, 5.41) is 21.7. The van der Waals surface area contributed by atoms with Gasteiger partial charge in [-0.2, -0.15) is 0 Å². The molecule has 0 saturated carbocycles. The molecule has 0 unspecified atom stereocenters. The maximum absolute atomic E-state index is 12.4. The molecule has 3 rings (SSSR count). The number of thioether (sulfide) groups is 1. The molecular weight excluding hydrogens is 398 g/mol. The quantitative estimate of drug-likeness (QED) is 0.640. The number of carbonyl (C=O) groups excluding carboxylic acids is 1. The number of aliphatic imine (C=N–C) groups is 1. The fourth-order valence-corrected chi connectivity index (χ4v) is 3.80. The highest BCUT2D eigenvalue weighted by atomic mass is 35.5. The van der Waals surface area contributed by atoms with Crippen LogP contribution in [-0.4, -0.2) is 27.8 Å².